The van der Waals surface area contributed by atoms with Gasteiger partial charge in [0.1, 0.15) is 18.4 Å². The number of hydrogen-bond acceptors (Lipinski definition) is 4. The number of carbonyl (C=O) groups excluding carboxylic acids is 2. The van der Waals surface area contributed by atoms with Crippen molar-refractivity contribution in [2.24, 2.45) is 0 Å². The molecular formula is C21H20F3NO4. The van der Waals surface area contributed by atoms with Crippen molar-refractivity contribution in [2.45, 2.75) is 25.7 Å². The number of ether oxygens (including phenoxy) is 2. The van der Waals surface area contributed by atoms with Crippen molar-refractivity contribution in [3.63, 3.8) is 0 Å². The zero-order chi connectivity index (χ0) is 21.4. The fourth-order valence-electron chi connectivity index (χ4n) is 2.40. The summed E-state index contributed by atoms with van der Waals surface area (Å²) in [4.78, 5) is 23.9. The highest BCUT2D eigenvalue weighted by Gasteiger charge is 2.33. The Balaban J connectivity index is 1.89. The van der Waals surface area contributed by atoms with Crippen molar-refractivity contribution in [2.75, 3.05) is 7.11 Å². The molecule has 0 bridgehead atoms. The first-order chi connectivity index (χ1) is 13.7. The largest absolute Gasteiger partial charge is 0.497 e. The van der Waals surface area contributed by atoms with Gasteiger partial charge in [-0.1, -0.05) is 30.3 Å². The number of hydrogen-bond donors (Lipinski definition) is 1. The molecule has 0 spiro atoms. The molecule has 1 unspecified atom stereocenters. The maximum Gasteiger partial charge on any atom is 0.416 e. The summed E-state index contributed by atoms with van der Waals surface area (Å²) in [6.45, 7) is 0.841. The molecule has 2 rings (SSSR count). The molecule has 0 aliphatic carbocycles. The molecular weight excluding hydrogens is 387 g/mol. The number of carbonyl (C=O) groups is 2. The van der Waals surface area contributed by atoms with Crippen molar-refractivity contribution in [3.8, 4) is 5.75 Å². The topological polar surface area (TPSA) is 64.6 Å². The van der Waals surface area contributed by atoms with Crippen LogP contribution in [0.5, 0.6) is 5.75 Å². The van der Waals surface area contributed by atoms with Crippen molar-refractivity contribution >= 4 is 18.0 Å². The summed E-state index contributed by atoms with van der Waals surface area (Å²) in [6.07, 6.45) is -1.76. The molecule has 0 fully saturated rings. The summed E-state index contributed by atoms with van der Waals surface area (Å²) in [6, 6.07) is 10.8. The molecule has 0 aromatic heterocycles. The molecule has 0 saturated heterocycles. The lowest BCUT2D eigenvalue weighted by atomic mass is 10.1. The van der Waals surface area contributed by atoms with Gasteiger partial charge in [-0.15, -0.1) is 0 Å². The zero-order valence-electron chi connectivity index (χ0n) is 15.8. The van der Waals surface area contributed by atoms with Gasteiger partial charge in [-0.2, -0.15) is 13.2 Å². The van der Waals surface area contributed by atoms with E-state index in [-0.39, 0.29) is 5.56 Å². The number of esters is 1. The summed E-state index contributed by atoms with van der Waals surface area (Å²) in [7, 11) is 1.54. The Bertz CT molecular complexity index is 876. The summed E-state index contributed by atoms with van der Waals surface area (Å²) in [5, 5.41) is 2.41. The van der Waals surface area contributed by atoms with Gasteiger partial charge in [0.05, 0.1) is 12.7 Å². The second-order valence-corrected chi connectivity index (χ2v) is 6.10. The third kappa shape index (κ3) is 6.67. The fourth-order valence-corrected chi connectivity index (χ4v) is 2.40. The number of nitrogens with one attached hydrogen (secondary N) is 1. The Morgan fingerprint density at radius 2 is 1.76 bits per heavy atom. The predicted octanol–water partition coefficient (Wildman–Crippen LogP) is 3.98. The lowest BCUT2D eigenvalue weighted by molar-refractivity contribution is -0.150. The summed E-state index contributed by atoms with van der Waals surface area (Å²) in [5.41, 5.74) is -0.280. The molecule has 8 heteroatoms. The predicted molar refractivity (Wildman–Crippen MR) is 101 cm³/mol. The number of alkyl halides is 3. The number of methoxy groups -OCH3 is 1. The molecule has 1 N–H and O–H groups in total. The SMILES string of the molecule is COc1ccc(C=CC(=O)NC(C)C(=O)OCc2ccccc2C(F)(F)F)cc1. The highest BCUT2D eigenvalue weighted by atomic mass is 19.4. The Morgan fingerprint density at radius 3 is 2.38 bits per heavy atom. The number of rotatable bonds is 7. The van der Waals surface area contributed by atoms with Gasteiger partial charge in [-0.05, 0) is 36.8 Å². The highest BCUT2D eigenvalue weighted by molar-refractivity contribution is 5.94. The summed E-state index contributed by atoms with van der Waals surface area (Å²) < 4.78 is 48.8. The lowest BCUT2D eigenvalue weighted by Crippen LogP contribution is -2.38. The van der Waals surface area contributed by atoms with E-state index in [9.17, 15) is 22.8 Å². The van der Waals surface area contributed by atoms with Crippen molar-refractivity contribution in [3.05, 3.63) is 71.3 Å². The van der Waals surface area contributed by atoms with E-state index >= 15 is 0 Å². The standard InChI is InChI=1S/C21H20F3NO4/c1-14(25-19(26)12-9-15-7-10-17(28-2)11-8-15)20(27)29-13-16-5-3-4-6-18(16)21(22,23)24/h3-12,14H,13H2,1-2H3,(H,25,26). The maximum atomic E-state index is 13.0. The third-order valence-corrected chi connectivity index (χ3v) is 3.95. The van der Waals surface area contributed by atoms with Crippen LogP contribution in [0, 0.1) is 0 Å². The maximum absolute atomic E-state index is 13.0. The van der Waals surface area contributed by atoms with Crippen LogP contribution in [0.25, 0.3) is 6.08 Å². The van der Waals surface area contributed by atoms with Crippen molar-refractivity contribution < 1.29 is 32.2 Å². The van der Waals surface area contributed by atoms with Gasteiger partial charge < -0.3 is 14.8 Å². The molecule has 0 aliphatic rings. The van der Waals surface area contributed by atoms with Gasteiger partial charge in [0.2, 0.25) is 5.91 Å². The van der Waals surface area contributed by atoms with E-state index < -0.39 is 36.3 Å². The molecule has 2 aromatic rings. The molecule has 154 valence electrons. The second kappa shape index (κ2) is 9.77. The minimum absolute atomic E-state index is 0.161. The highest BCUT2D eigenvalue weighted by Crippen LogP contribution is 2.32. The van der Waals surface area contributed by atoms with Crippen LogP contribution >= 0.6 is 0 Å². The summed E-state index contributed by atoms with van der Waals surface area (Å²) in [5.74, 6) is -0.704. The normalized spacial score (nSPS) is 12.4. The lowest BCUT2D eigenvalue weighted by Gasteiger charge is -2.15. The zero-order valence-corrected chi connectivity index (χ0v) is 15.8. The molecule has 1 atom stereocenters. The van der Waals surface area contributed by atoms with Crippen molar-refractivity contribution in [1.29, 1.82) is 0 Å². The van der Waals surface area contributed by atoms with Crippen LogP contribution in [-0.2, 0) is 27.1 Å². The van der Waals surface area contributed by atoms with Crippen LogP contribution in [0.1, 0.15) is 23.6 Å². The van der Waals surface area contributed by atoms with Gasteiger partial charge in [0, 0.05) is 11.6 Å². The molecule has 0 saturated carbocycles. The number of halogens is 3. The third-order valence-electron chi connectivity index (χ3n) is 3.95. The van der Waals surface area contributed by atoms with E-state index in [1.807, 2.05) is 0 Å². The molecule has 0 radical (unpaired) electrons. The van der Waals surface area contributed by atoms with Gasteiger partial charge in [-0.3, -0.25) is 4.79 Å². The molecule has 5 nitrogen and oxygen atoms in total. The first-order valence-electron chi connectivity index (χ1n) is 8.65. The first-order valence-corrected chi connectivity index (χ1v) is 8.65. The molecule has 0 heterocycles. The van der Waals surface area contributed by atoms with E-state index in [2.05, 4.69) is 5.32 Å². The van der Waals surface area contributed by atoms with E-state index in [1.165, 1.54) is 31.2 Å². The van der Waals surface area contributed by atoms with Gasteiger partial charge in [-0.25, -0.2) is 4.79 Å². The number of benzene rings is 2. The quantitative estimate of drug-likeness (QED) is 0.557. The van der Waals surface area contributed by atoms with Gasteiger partial charge in [0.15, 0.2) is 0 Å². The van der Waals surface area contributed by atoms with Crippen LogP contribution in [0.2, 0.25) is 0 Å². The molecule has 29 heavy (non-hydrogen) atoms. The number of amides is 1. The summed E-state index contributed by atoms with van der Waals surface area (Å²) >= 11 is 0. The van der Waals surface area contributed by atoms with Gasteiger partial charge >= 0.3 is 12.1 Å². The van der Waals surface area contributed by atoms with E-state index in [0.29, 0.717) is 5.75 Å². The molecule has 2 aromatic carbocycles. The van der Waals surface area contributed by atoms with E-state index in [0.717, 1.165) is 11.6 Å². The van der Waals surface area contributed by atoms with E-state index in [1.54, 1.807) is 37.5 Å². The van der Waals surface area contributed by atoms with Crippen LogP contribution in [0.15, 0.2) is 54.6 Å². The molecule has 0 aliphatic heterocycles. The fraction of sp³-hybridized carbons (Fsp3) is 0.238. The van der Waals surface area contributed by atoms with Crippen LogP contribution in [0.3, 0.4) is 0 Å². The van der Waals surface area contributed by atoms with Crippen LogP contribution in [-0.4, -0.2) is 25.0 Å². The minimum atomic E-state index is -4.55. The van der Waals surface area contributed by atoms with E-state index in [4.69, 9.17) is 9.47 Å². The Morgan fingerprint density at radius 1 is 1.10 bits per heavy atom. The average Bonchev–Trinajstić information content (AvgIpc) is 2.70. The van der Waals surface area contributed by atoms with Crippen LogP contribution in [0.4, 0.5) is 13.2 Å². The Hall–Kier alpha value is -3.29. The monoisotopic (exact) mass is 407 g/mol. The first kappa shape index (κ1) is 22.0. The second-order valence-electron chi connectivity index (χ2n) is 6.10. The minimum Gasteiger partial charge on any atom is -0.497 e. The van der Waals surface area contributed by atoms with Crippen molar-refractivity contribution in [1.82, 2.24) is 5.32 Å². The average molecular weight is 407 g/mol. The van der Waals surface area contributed by atoms with Gasteiger partial charge in [0.25, 0.3) is 0 Å². The Kier molecular flexibility index (Phi) is 7.41. The molecule has 1 amide bonds. The Labute approximate surface area is 166 Å². The van der Waals surface area contributed by atoms with Crippen LogP contribution < -0.4 is 10.1 Å². The smallest absolute Gasteiger partial charge is 0.416 e.